The second-order valence-electron chi connectivity index (χ2n) is 4.03. The first-order chi connectivity index (χ1) is 7.77. The fourth-order valence-corrected chi connectivity index (χ4v) is 3.02. The third-order valence-electron chi connectivity index (χ3n) is 2.66. The molecule has 0 aliphatic carbocycles. The molecular formula is C11H22N2O2S. The van der Waals surface area contributed by atoms with Gasteiger partial charge in [0, 0.05) is 24.9 Å². The van der Waals surface area contributed by atoms with Crippen LogP contribution in [0.2, 0.25) is 0 Å². The van der Waals surface area contributed by atoms with Gasteiger partial charge in [-0.1, -0.05) is 6.92 Å². The number of thioether (sulfide) groups is 1. The molecule has 1 aliphatic heterocycles. The van der Waals surface area contributed by atoms with E-state index in [1.165, 1.54) is 18.6 Å². The van der Waals surface area contributed by atoms with Gasteiger partial charge in [0.05, 0.1) is 6.61 Å². The van der Waals surface area contributed by atoms with Crippen LogP contribution in [0.1, 0.15) is 26.2 Å². The van der Waals surface area contributed by atoms with Gasteiger partial charge in [-0.15, -0.1) is 0 Å². The summed E-state index contributed by atoms with van der Waals surface area (Å²) in [5, 5.41) is 12.4. The lowest BCUT2D eigenvalue weighted by molar-refractivity contribution is 0.177. The minimum Gasteiger partial charge on any atom is -0.395 e. The Bertz CT molecular complexity index is 202. The van der Waals surface area contributed by atoms with Gasteiger partial charge in [-0.05, 0) is 25.0 Å². The SMILES string of the molecule is CCCN(CCO)C(=O)NCC1CCCS1. The highest BCUT2D eigenvalue weighted by Gasteiger charge is 2.18. The van der Waals surface area contributed by atoms with Crippen LogP contribution < -0.4 is 5.32 Å². The number of amides is 2. The van der Waals surface area contributed by atoms with Gasteiger partial charge in [0.15, 0.2) is 0 Å². The van der Waals surface area contributed by atoms with Crippen molar-refractivity contribution in [2.75, 3.05) is 32.0 Å². The number of nitrogens with zero attached hydrogens (tertiary/aromatic N) is 1. The summed E-state index contributed by atoms with van der Waals surface area (Å²) in [7, 11) is 0. The molecule has 0 spiro atoms. The number of hydrogen-bond donors (Lipinski definition) is 2. The lowest BCUT2D eigenvalue weighted by Gasteiger charge is -2.22. The summed E-state index contributed by atoms with van der Waals surface area (Å²) in [5.41, 5.74) is 0. The van der Waals surface area contributed by atoms with Crippen molar-refractivity contribution in [1.29, 1.82) is 0 Å². The zero-order chi connectivity index (χ0) is 11.8. The van der Waals surface area contributed by atoms with Crippen LogP contribution in [-0.4, -0.2) is 53.3 Å². The lowest BCUT2D eigenvalue weighted by Crippen LogP contribution is -2.43. The van der Waals surface area contributed by atoms with Crippen LogP contribution >= 0.6 is 11.8 Å². The molecule has 1 atom stereocenters. The van der Waals surface area contributed by atoms with E-state index in [-0.39, 0.29) is 12.6 Å². The Hall–Kier alpha value is -0.420. The Balaban J connectivity index is 2.24. The summed E-state index contributed by atoms with van der Waals surface area (Å²) in [6, 6.07) is -0.0385. The van der Waals surface area contributed by atoms with E-state index in [1.54, 1.807) is 4.90 Å². The number of carbonyl (C=O) groups excluding carboxylic acids is 1. The number of nitrogens with one attached hydrogen (secondary N) is 1. The van der Waals surface area contributed by atoms with E-state index in [4.69, 9.17) is 5.11 Å². The topological polar surface area (TPSA) is 52.6 Å². The highest BCUT2D eigenvalue weighted by molar-refractivity contribution is 8.00. The lowest BCUT2D eigenvalue weighted by atomic mass is 10.2. The molecule has 1 rings (SSSR count). The van der Waals surface area contributed by atoms with Gasteiger partial charge in [-0.25, -0.2) is 4.79 Å². The molecule has 0 aromatic heterocycles. The van der Waals surface area contributed by atoms with Gasteiger partial charge in [0.1, 0.15) is 0 Å². The van der Waals surface area contributed by atoms with Gasteiger partial charge in [-0.2, -0.15) is 11.8 Å². The number of urea groups is 1. The highest BCUT2D eigenvalue weighted by atomic mass is 32.2. The normalized spacial score (nSPS) is 19.8. The molecule has 5 heteroatoms. The zero-order valence-corrected chi connectivity index (χ0v) is 10.8. The number of rotatable bonds is 6. The molecule has 1 unspecified atom stereocenters. The van der Waals surface area contributed by atoms with Crippen molar-refractivity contribution in [3.05, 3.63) is 0 Å². The van der Waals surface area contributed by atoms with Crippen molar-refractivity contribution in [3.8, 4) is 0 Å². The van der Waals surface area contributed by atoms with Crippen molar-refractivity contribution >= 4 is 17.8 Å². The number of carbonyl (C=O) groups is 1. The number of aliphatic hydroxyl groups excluding tert-OH is 1. The van der Waals surface area contributed by atoms with E-state index in [9.17, 15) is 4.79 Å². The average Bonchev–Trinajstić information content (AvgIpc) is 2.78. The van der Waals surface area contributed by atoms with Gasteiger partial charge >= 0.3 is 6.03 Å². The predicted octanol–water partition coefficient (Wildman–Crippen LogP) is 1.30. The molecule has 2 amide bonds. The summed E-state index contributed by atoms with van der Waals surface area (Å²) in [6.07, 6.45) is 3.39. The molecule has 94 valence electrons. The summed E-state index contributed by atoms with van der Waals surface area (Å²) in [4.78, 5) is 13.5. The maximum atomic E-state index is 11.8. The molecule has 1 heterocycles. The van der Waals surface area contributed by atoms with Crippen LogP contribution in [0.25, 0.3) is 0 Å². The van der Waals surface area contributed by atoms with E-state index in [2.05, 4.69) is 5.32 Å². The Kier molecular flexibility index (Phi) is 6.64. The number of aliphatic hydroxyl groups is 1. The van der Waals surface area contributed by atoms with Crippen LogP contribution in [0, 0.1) is 0 Å². The molecule has 1 fully saturated rings. The molecule has 1 saturated heterocycles. The van der Waals surface area contributed by atoms with Gasteiger partial charge in [-0.3, -0.25) is 0 Å². The van der Waals surface area contributed by atoms with E-state index < -0.39 is 0 Å². The largest absolute Gasteiger partial charge is 0.395 e. The van der Waals surface area contributed by atoms with E-state index in [1.807, 2.05) is 18.7 Å². The summed E-state index contributed by atoms with van der Waals surface area (Å²) < 4.78 is 0. The Morgan fingerprint density at radius 3 is 2.94 bits per heavy atom. The summed E-state index contributed by atoms with van der Waals surface area (Å²) in [5.74, 6) is 1.22. The Labute approximate surface area is 102 Å². The maximum absolute atomic E-state index is 11.8. The minimum absolute atomic E-state index is 0.0333. The first-order valence-corrected chi connectivity index (χ1v) is 7.08. The van der Waals surface area contributed by atoms with Gasteiger partial charge in [0.2, 0.25) is 0 Å². The standard InChI is InChI=1S/C11H22N2O2S/c1-2-5-13(6-7-14)11(15)12-9-10-4-3-8-16-10/h10,14H,2-9H2,1H3,(H,12,15). The molecule has 0 aromatic carbocycles. The molecule has 0 bridgehead atoms. The summed E-state index contributed by atoms with van der Waals surface area (Å²) in [6.45, 7) is 3.97. The van der Waals surface area contributed by atoms with E-state index >= 15 is 0 Å². The van der Waals surface area contributed by atoms with Crippen LogP contribution in [0.4, 0.5) is 4.79 Å². The molecule has 1 aliphatic rings. The fraction of sp³-hybridized carbons (Fsp3) is 0.909. The highest BCUT2D eigenvalue weighted by Crippen LogP contribution is 2.25. The molecule has 2 N–H and O–H groups in total. The van der Waals surface area contributed by atoms with Crippen LogP contribution in [-0.2, 0) is 0 Å². The zero-order valence-electron chi connectivity index (χ0n) is 9.95. The second kappa shape index (κ2) is 7.79. The Morgan fingerprint density at radius 1 is 1.56 bits per heavy atom. The molecule has 0 aromatic rings. The second-order valence-corrected chi connectivity index (χ2v) is 5.44. The van der Waals surface area contributed by atoms with Gasteiger partial charge in [0.25, 0.3) is 0 Å². The van der Waals surface area contributed by atoms with Gasteiger partial charge < -0.3 is 15.3 Å². The quantitative estimate of drug-likeness (QED) is 0.742. The summed E-state index contributed by atoms with van der Waals surface area (Å²) >= 11 is 1.94. The third-order valence-corrected chi connectivity index (χ3v) is 4.05. The monoisotopic (exact) mass is 246 g/mol. The minimum atomic E-state index is -0.0385. The van der Waals surface area contributed by atoms with Crippen molar-refractivity contribution < 1.29 is 9.90 Å². The predicted molar refractivity (Wildman–Crippen MR) is 67.8 cm³/mol. The smallest absolute Gasteiger partial charge is 0.317 e. The van der Waals surface area contributed by atoms with E-state index in [0.717, 1.165) is 13.0 Å². The molecular weight excluding hydrogens is 224 g/mol. The number of hydrogen-bond acceptors (Lipinski definition) is 3. The molecule has 4 nitrogen and oxygen atoms in total. The van der Waals surface area contributed by atoms with Crippen molar-refractivity contribution in [2.24, 2.45) is 0 Å². The van der Waals surface area contributed by atoms with Crippen molar-refractivity contribution in [3.63, 3.8) is 0 Å². The fourth-order valence-electron chi connectivity index (χ4n) is 1.82. The molecule has 16 heavy (non-hydrogen) atoms. The first kappa shape index (κ1) is 13.6. The van der Waals surface area contributed by atoms with Crippen molar-refractivity contribution in [1.82, 2.24) is 10.2 Å². The molecule has 0 saturated carbocycles. The van der Waals surface area contributed by atoms with Crippen LogP contribution in [0.3, 0.4) is 0 Å². The first-order valence-electron chi connectivity index (χ1n) is 6.03. The molecule has 0 radical (unpaired) electrons. The van der Waals surface area contributed by atoms with Crippen molar-refractivity contribution in [2.45, 2.75) is 31.4 Å². The Morgan fingerprint density at radius 2 is 2.38 bits per heavy atom. The maximum Gasteiger partial charge on any atom is 0.317 e. The van der Waals surface area contributed by atoms with Crippen LogP contribution in [0.5, 0.6) is 0 Å². The van der Waals surface area contributed by atoms with E-state index in [0.29, 0.717) is 18.3 Å². The average molecular weight is 246 g/mol. The third kappa shape index (κ3) is 4.61. The van der Waals surface area contributed by atoms with Crippen LogP contribution in [0.15, 0.2) is 0 Å².